The van der Waals surface area contributed by atoms with Crippen molar-refractivity contribution in [1.82, 2.24) is 5.32 Å². The highest BCUT2D eigenvalue weighted by Crippen LogP contribution is 2.27. The Morgan fingerprint density at radius 1 is 0.933 bits per heavy atom. The second kappa shape index (κ2) is 10.5. The van der Waals surface area contributed by atoms with Crippen molar-refractivity contribution in [2.75, 3.05) is 11.0 Å². The summed E-state index contributed by atoms with van der Waals surface area (Å²) in [5, 5.41) is 2.79. The van der Waals surface area contributed by atoms with Crippen LogP contribution in [0, 0.1) is 0 Å². The lowest BCUT2D eigenvalue weighted by Gasteiger charge is -2.24. The monoisotopic (exact) mass is 523 g/mol. The van der Waals surface area contributed by atoms with Crippen LogP contribution in [0.5, 0.6) is 0 Å². The van der Waals surface area contributed by atoms with Crippen LogP contribution in [-0.2, 0) is 19.0 Å². The molecule has 3 rings (SSSR count). The van der Waals surface area contributed by atoms with E-state index in [9.17, 15) is 14.4 Å². The maximum absolute atomic E-state index is 12.6. The van der Waals surface area contributed by atoms with Crippen molar-refractivity contribution in [3.63, 3.8) is 0 Å². The minimum Gasteiger partial charge on any atom is -0.459 e. The summed E-state index contributed by atoms with van der Waals surface area (Å²) >= 11 is 2.13. The quantitative estimate of drug-likeness (QED) is 0.341. The van der Waals surface area contributed by atoms with Gasteiger partial charge in [-0.2, -0.15) is 0 Å². The summed E-state index contributed by atoms with van der Waals surface area (Å²) in [7, 11) is 0. The molecule has 7 nitrogen and oxygen atoms in total. The van der Waals surface area contributed by atoms with Crippen molar-refractivity contribution in [2.45, 2.75) is 31.3 Å². The first-order valence-corrected chi connectivity index (χ1v) is 11.0. The lowest BCUT2D eigenvalue weighted by Crippen LogP contribution is -2.50. The standard InChI is InChI=1S/C22H22INO6/c1-14(25)24-19-18(13-28-21(26)15-8-4-2-5-9-15)29-17(12-23)20(19)30-22(27)16-10-6-3-7-11-16/h2-11,17-20H,12-13H2,1H3,(H,24,25)/t17-,18+,19-,20?/m0/s1. The number of amides is 1. The number of nitrogens with one attached hydrogen (secondary N) is 1. The third-order valence-electron chi connectivity index (χ3n) is 4.63. The van der Waals surface area contributed by atoms with Gasteiger partial charge in [0.25, 0.3) is 0 Å². The molecular formula is C22H22INO6. The van der Waals surface area contributed by atoms with Crippen LogP contribution in [-0.4, -0.2) is 53.2 Å². The van der Waals surface area contributed by atoms with Gasteiger partial charge in [-0.15, -0.1) is 0 Å². The first-order valence-electron chi connectivity index (χ1n) is 9.46. The number of esters is 2. The van der Waals surface area contributed by atoms with Crippen molar-refractivity contribution >= 4 is 40.4 Å². The van der Waals surface area contributed by atoms with Crippen molar-refractivity contribution in [3.8, 4) is 0 Å². The van der Waals surface area contributed by atoms with E-state index in [0.717, 1.165) is 0 Å². The molecule has 1 heterocycles. The Morgan fingerprint density at radius 2 is 1.50 bits per heavy atom. The lowest BCUT2D eigenvalue weighted by atomic mass is 10.0. The number of alkyl halides is 1. The van der Waals surface area contributed by atoms with E-state index < -0.39 is 36.3 Å². The van der Waals surface area contributed by atoms with Gasteiger partial charge >= 0.3 is 11.9 Å². The molecule has 1 fully saturated rings. The zero-order chi connectivity index (χ0) is 21.5. The number of carbonyl (C=O) groups excluding carboxylic acids is 3. The van der Waals surface area contributed by atoms with E-state index in [4.69, 9.17) is 14.2 Å². The summed E-state index contributed by atoms with van der Waals surface area (Å²) in [6, 6.07) is 16.6. The van der Waals surface area contributed by atoms with Gasteiger partial charge in [0.05, 0.1) is 17.2 Å². The van der Waals surface area contributed by atoms with Crippen LogP contribution in [0.1, 0.15) is 27.6 Å². The zero-order valence-electron chi connectivity index (χ0n) is 16.3. The Labute approximate surface area is 188 Å². The molecule has 2 aromatic rings. The van der Waals surface area contributed by atoms with Crippen LogP contribution in [0.2, 0.25) is 0 Å². The number of hydrogen-bond donors (Lipinski definition) is 1. The Morgan fingerprint density at radius 3 is 2.03 bits per heavy atom. The van der Waals surface area contributed by atoms with Crippen molar-refractivity contribution in [1.29, 1.82) is 0 Å². The summed E-state index contributed by atoms with van der Waals surface area (Å²) in [5.74, 6) is -1.29. The van der Waals surface area contributed by atoms with Gasteiger partial charge in [0.1, 0.15) is 18.8 Å². The molecule has 0 bridgehead atoms. The maximum atomic E-state index is 12.6. The molecule has 158 valence electrons. The Hall–Kier alpha value is -2.46. The van der Waals surface area contributed by atoms with Gasteiger partial charge in [0.15, 0.2) is 6.10 Å². The van der Waals surface area contributed by atoms with E-state index in [1.165, 1.54) is 6.92 Å². The van der Waals surface area contributed by atoms with Crippen molar-refractivity contribution in [3.05, 3.63) is 71.8 Å². The van der Waals surface area contributed by atoms with E-state index in [1.807, 2.05) is 0 Å². The van der Waals surface area contributed by atoms with Gasteiger partial charge in [0.2, 0.25) is 5.91 Å². The van der Waals surface area contributed by atoms with E-state index in [1.54, 1.807) is 60.7 Å². The van der Waals surface area contributed by atoms with Gasteiger partial charge in [-0.1, -0.05) is 59.0 Å². The molecule has 0 radical (unpaired) electrons. The first kappa shape index (κ1) is 22.2. The minimum atomic E-state index is -0.709. The molecule has 0 spiro atoms. The summed E-state index contributed by atoms with van der Waals surface area (Å²) in [6.45, 7) is 1.30. The lowest BCUT2D eigenvalue weighted by molar-refractivity contribution is -0.120. The van der Waals surface area contributed by atoms with Gasteiger partial charge in [-0.05, 0) is 24.3 Å². The first-order chi connectivity index (χ1) is 14.5. The smallest absolute Gasteiger partial charge is 0.338 e. The summed E-state index contributed by atoms with van der Waals surface area (Å²) < 4.78 is 17.6. The Bertz CT molecular complexity index is 876. The highest BCUT2D eigenvalue weighted by molar-refractivity contribution is 14.1. The average Bonchev–Trinajstić information content (AvgIpc) is 3.08. The third-order valence-corrected chi connectivity index (χ3v) is 5.50. The number of halogens is 1. The molecule has 0 aliphatic carbocycles. The summed E-state index contributed by atoms with van der Waals surface area (Å²) in [6.07, 6.45) is -1.80. The van der Waals surface area contributed by atoms with Gasteiger partial charge in [-0.25, -0.2) is 9.59 Å². The summed E-state index contributed by atoms with van der Waals surface area (Å²) in [5.41, 5.74) is 0.828. The van der Waals surface area contributed by atoms with E-state index >= 15 is 0 Å². The van der Waals surface area contributed by atoms with Crippen LogP contribution in [0.4, 0.5) is 0 Å². The number of carbonyl (C=O) groups is 3. The number of benzene rings is 2. The topological polar surface area (TPSA) is 90.9 Å². The van der Waals surface area contributed by atoms with E-state index in [-0.39, 0.29) is 12.5 Å². The fraction of sp³-hybridized carbons (Fsp3) is 0.318. The van der Waals surface area contributed by atoms with E-state index in [0.29, 0.717) is 15.6 Å². The average molecular weight is 523 g/mol. The molecule has 1 aliphatic rings. The van der Waals surface area contributed by atoms with Crippen LogP contribution in [0.25, 0.3) is 0 Å². The molecular weight excluding hydrogens is 501 g/mol. The van der Waals surface area contributed by atoms with Crippen LogP contribution >= 0.6 is 22.6 Å². The minimum absolute atomic E-state index is 0.0782. The van der Waals surface area contributed by atoms with Crippen LogP contribution in [0.3, 0.4) is 0 Å². The Kier molecular flexibility index (Phi) is 7.81. The molecule has 4 atom stereocenters. The molecule has 8 heteroatoms. The molecule has 1 saturated heterocycles. The number of ether oxygens (including phenoxy) is 3. The molecule has 30 heavy (non-hydrogen) atoms. The largest absolute Gasteiger partial charge is 0.459 e. The molecule has 1 unspecified atom stereocenters. The van der Waals surface area contributed by atoms with Crippen LogP contribution in [0.15, 0.2) is 60.7 Å². The molecule has 1 amide bonds. The van der Waals surface area contributed by atoms with Gasteiger partial charge < -0.3 is 19.5 Å². The number of rotatable bonds is 7. The highest BCUT2D eigenvalue weighted by atomic mass is 127. The van der Waals surface area contributed by atoms with Gasteiger partial charge in [0, 0.05) is 11.4 Å². The normalized spacial score (nSPS) is 22.9. The predicted octanol–water partition coefficient (Wildman–Crippen LogP) is 2.78. The fourth-order valence-electron chi connectivity index (χ4n) is 3.24. The molecule has 0 aromatic heterocycles. The molecule has 0 saturated carbocycles. The van der Waals surface area contributed by atoms with Crippen LogP contribution < -0.4 is 5.32 Å². The van der Waals surface area contributed by atoms with Gasteiger partial charge in [-0.3, -0.25) is 4.79 Å². The second-order valence-corrected chi connectivity index (χ2v) is 7.67. The van der Waals surface area contributed by atoms with Crippen molar-refractivity contribution < 1.29 is 28.6 Å². The molecule has 1 N–H and O–H groups in total. The van der Waals surface area contributed by atoms with Crippen molar-refractivity contribution in [2.24, 2.45) is 0 Å². The fourth-order valence-corrected chi connectivity index (χ4v) is 3.95. The highest BCUT2D eigenvalue weighted by Gasteiger charge is 2.47. The third kappa shape index (κ3) is 5.57. The SMILES string of the molecule is CC(=O)N[C@@H]1C(OC(=O)c2ccccc2)[C@H](CI)O[C@@H]1COC(=O)c1ccccc1. The number of hydrogen-bond acceptors (Lipinski definition) is 6. The molecule has 2 aromatic carbocycles. The molecule has 1 aliphatic heterocycles. The maximum Gasteiger partial charge on any atom is 0.338 e. The van der Waals surface area contributed by atoms with E-state index in [2.05, 4.69) is 27.9 Å². The Balaban J connectivity index is 1.72. The predicted molar refractivity (Wildman–Crippen MR) is 118 cm³/mol. The summed E-state index contributed by atoms with van der Waals surface area (Å²) in [4.78, 5) is 36.6. The second-order valence-electron chi connectivity index (χ2n) is 6.79. The zero-order valence-corrected chi connectivity index (χ0v) is 18.5.